The second-order valence-corrected chi connectivity index (χ2v) is 4.33. The Morgan fingerprint density at radius 3 is 2.31 bits per heavy atom. The molecule has 16 heavy (non-hydrogen) atoms. The van der Waals surface area contributed by atoms with Crippen molar-refractivity contribution in [1.29, 1.82) is 0 Å². The lowest BCUT2D eigenvalue weighted by molar-refractivity contribution is 0.0529. The molecule has 0 saturated carbocycles. The number of nitrogens with one attached hydrogen (secondary N) is 1. The monoisotopic (exact) mass is 223 g/mol. The fourth-order valence-corrected chi connectivity index (χ4v) is 0.977. The molecule has 0 heterocycles. The van der Waals surface area contributed by atoms with Gasteiger partial charge in [-0.1, -0.05) is 31.4 Å². The van der Waals surface area contributed by atoms with E-state index in [0.29, 0.717) is 6.54 Å². The van der Waals surface area contributed by atoms with Crippen LogP contribution in [0.5, 0.6) is 0 Å². The molecule has 0 saturated heterocycles. The topological polar surface area (TPSA) is 38.3 Å². The number of ether oxygens (including phenoxy) is 1. The lowest BCUT2D eigenvalue weighted by Gasteiger charge is -2.19. The van der Waals surface area contributed by atoms with Gasteiger partial charge in [0.2, 0.25) is 0 Å². The Kier molecular flexibility index (Phi) is 6.23. The maximum absolute atomic E-state index is 11.2. The Labute approximate surface area is 97.9 Å². The average Bonchev–Trinajstić information content (AvgIpc) is 2.15. The van der Waals surface area contributed by atoms with Gasteiger partial charge in [0, 0.05) is 6.54 Å². The van der Waals surface area contributed by atoms with Gasteiger partial charge in [-0.15, -0.1) is 0 Å². The molecule has 0 rings (SSSR count). The van der Waals surface area contributed by atoms with E-state index in [1.807, 2.05) is 26.8 Å². The molecule has 0 atom stereocenters. The second-order valence-electron chi connectivity index (χ2n) is 4.33. The van der Waals surface area contributed by atoms with Gasteiger partial charge in [-0.25, -0.2) is 4.79 Å². The first-order chi connectivity index (χ1) is 7.39. The van der Waals surface area contributed by atoms with Gasteiger partial charge in [-0.2, -0.15) is 0 Å². The Balaban J connectivity index is 3.83. The zero-order chi connectivity index (χ0) is 12.6. The molecule has 0 aromatic heterocycles. The highest BCUT2D eigenvalue weighted by Gasteiger charge is 2.15. The van der Waals surface area contributed by atoms with Crippen LogP contribution in [-0.2, 0) is 4.74 Å². The number of hydrogen-bond donors (Lipinski definition) is 1. The highest BCUT2D eigenvalue weighted by molar-refractivity contribution is 5.67. The first kappa shape index (κ1) is 14.5. The summed E-state index contributed by atoms with van der Waals surface area (Å²) >= 11 is 0. The van der Waals surface area contributed by atoms with E-state index in [0.717, 1.165) is 12.0 Å². The predicted molar refractivity (Wildman–Crippen MR) is 67.3 cm³/mol. The maximum Gasteiger partial charge on any atom is 0.407 e. The smallest absolute Gasteiger partial charge is 0.407 e. The molecule has 0 bridgehead atoms. The van der Waals surface area contributed by atoms with Crippen LogP contribution in [0.1, 0.15) is 27.2 Å². The molecular weight excluding hydrogens is 202 g/mol. The van der Waals surface area contributed by atoms with E-state index in [1.165, 1.54) is 0 Å². The van der Waals surface area contributed by atoms with Gasteiger partial charge in [-0.05, 0) is 32.8 Å². The minimum Gasteiger partial charge on any atom is -0.444 e. The molecule has 90 valence electrons. The zero-order valence-electron chi connectivity index (χ0n) is 10.4. The fourth-order valence-electron chi connectivity index (χ4n) is 0.977. The van der Waals surface area contributed by atoms with E-state index in [2.05, 4.69) is 18.5 Å². The number of carbonyl (C=O) groups excluding carboxylic acids is 1. The molecular formula is C13H21NO2. The Bertz CT molecular complexity index is 275. The maximum atomic E-state index is 11.2. The first-order valence-corrected chi connectivity index (χ1v) is 5.31. The predicted octanol–water partition coefficient (Wildman–Crippen LogP) is 3.20. The molecule has 1 N–H and O–H groups in total. The normalized spacial score (nSPS) is 10.2. The van der Waals surface area contributed by atoms with Crippen molar-refractivity contribution in [3.05, 3.63) is 37.0 Å². The van der Waals surface area contributed by atoms with Gasteiger partial charge in [0.25, 0.3) is 0 Å². The summed E-state index contributed by atoms with van der Waals surface area (Å²) in [6.07, 6.45) is 5.74. The van der Waals surface area contributed by atoms with E-state index in [4.69, 9.17) is 4.74 Å². The number of alkyl carbamates (subject to hydrolysis) is 1. The van der Waals surface area contributed by atoms with Crippen LogP contribution in [0.25, 0.3) is 0 Å². The lowest BCUT2D eigenvalue weighted by atomic mass is 10.2. The average molecular weight is 223 g/mol. The fraction of sp³-hybridized carbons (Fsp3) is 0.462. The summed E-state index contributed by atoms with van der Waals surface area (Å²) in [5.41, 5.74) is 0.513. The summed E-state index contributed by atoms with van der Waals surface area (Å²) in [5.74, 6) is 0. The lowest BCUT2D eigenvalue weighted by Crippen LogP contribution is -2.32. The summed E-state index contributed by atoms with van der Waals surface area (Å²) in [7, 11) is 0. The standard InChI is InChI=1S/C13H21NO2/c1-6-11(7-2)9-8-10-14-12(15)16-13(3,4)5/h6-7,9H,1-2,8,10H2,3-5H3,(H,14,15). The SMILES string of the molecule is C=CC(C=C)=CCCNC(=O)OC(C)(C)C. The Morgan fingerprint density at radius 2 is 1.88 bits per heavy atom. The summed E-state index contributed by atoms with van der Waals surface area (Å²) in [6, 6.07) is 0. The largest absolute Gasteiger partial charge is 0.444 e. The highest BCUT2D eigenvalue weighted by Crippen LogP contribution is 2.06. The molecule has 0 radical (unpaired) electrons. The van der Waals surface area contributed by atoms with Crippen LogP contribution in [0.15, 0.2) is 37.0 Å². The van der Waals surface area contributed by atoms with Crippen LogP contribution < -0.4 is 5.32 Å². The second kappa shape index (κ2) is 6.88. The van der Waals surface area contributed by atoms with E-state index in [9.17, 15) is 4.79 Å². The van der Waals surface area contributed by atoms with Crippen LogP contribution >= 0.6 is 0 Å². The van der Waals surface area contributed by atoms with Crippen LogP contribution in [0, 0.1) is 0 Å². The van der Waals surface area contributed by atoms with Crippen molar-refractivity contribution in [2.75, 3.05) is 6.54 Å². The minimum absolute atomic E-state index is 0.389. The van der Waals surface area contributed by atoms with Crippen LogP contribution in [0.3, 0.4) is 0 Å². The van der Waals surface area contributed by atoms with Crippen LogP contribution in [0.4, 0.5) is 4.79 Å². The molecule has 0 fully saturated rings. The summed E-state index contributed by atoms with van der Waals surface area (Å²) < 4.78 is 5.09. The third-order valence-corrected chi connectivity index (χ3v) is 1.66. The van der Waals surface area contributed by atoms with Gasteiger partial charge >= 0.3 is 6.09 Å². The number of carbonyl (C=O) groups is 1. The molecule has 0 spiro atoms. The van der Waals surface area contributed by atoms with E-state index in [-0.39, 0.29) is 6.09 Å². The van der Waals surface area contributed by atoms with Crippen LogP contribution in [-0.4, -0.2) is 18.2 Å². The first-order valence-electron chi connectivity index (χ1n) is 5.31. The van der Waals surface area contributed by atoms with E-state index >= 15 is 0 Å². The summed E-state index contributed by atoms with van der Waals surface area (Å²) in [6.45, 7) is 13.3. The summed E-state index contributed by atoms with van der Waals surface area (Å²) in [4.78, 5) is 11.2. The highest BCUT2D eigenvalue weighted by atomic mass is 16.6. The molecule has 0 aliphatic rings. The van der Waals surface area contributed by atoms with Gasteiger partial charge in [-0.3, -0.25) is 0 Å². The number of amides is 1. The number of rotatable bonds is 5. The van der Waals surface area contributed by atoms with Crippen LogP contribution in [0.2, 0.25) is 0 Å². The van der Waals surface area contributed by atoms with E-state index < -0.39 is 5.60 Å². The quantitative estimate of drug-likeness (QED) is 0.574. The van der Waals surface area contributed by atoms with Gasteiger partial charge < -0.3 is 10.1 Å². The van der Waals surface area contributed by atoms with Gasteiger partial charge in [0.05, 0.1) is 0 Å². The Morgan fingerprint density at radius 1 is 1.31 bits per heavy atom. The molecule has 1 amide bonds. The zero-order valence-corrected chi connectivity index (χ0v) is 10.4. The van der Waals surface area contributed by atoms with E-state index in [1.54, 1.807) is 12.2 Å². The number of hydrogen-bond acceptors (Lipinski definition) is 2. The van der Waals surface area contributed by atoms with Crippen molar-refractivity contribution < 1.29 is 9.53 Å². The van der Waals surface area contributed by atoms with Crippen molar-refractivity contribution in [1.82, 2.24) is 5.32 Å². The summed E-state index contributed by atoms with van der Waals surface area (Å²) in [5, 5.41) is 2.67. The van der Waals surface area contributed by atoms with Crippen molar-refractivity contribution in [3.63, 3.8) is 0 Å². The molecule has 3 heteroatoms. The third-order valence-electron chi connectivity index (χ3n) is 1.66. The third kappa shape index (κ3) is 7.85. The van der Waals surface area contributed by atoms with Crippen molar-refractivity contribution in [2.24, 2.45) is 0 Å². The molecule has 0 unspecified atom stereocenters. The van der Waals surface area contributed by atoms with Crippen molar-refractivity contribution in [2.45, 2.75) is 32.8 Å². The molecule has 0 aromatic rings. The number of allylic oxidation sites excluding steroid dienone is 3. The Hall–Kier alpha value is -1.51. The van der Waals surface area contributed by atoms with Gasteiger partial charge in [0.1, 0.15) is 5.60 Å². The van der Waals surface area contributed by atoms with Crippen molar-refractivity contribution in [3.8, 4) is 0 Å². The molecule has 0 aliphatic carbocycles. The van der Waals surface area contributed by atoms with Crippen molar-refractivity contribution >= 4 is 6.09 Å². The minimum atomic E-state index is -0.451. The molecule has 0 aliphatic heterocycles. The van der Waals surface area contributed by atoms with Gasteiger partial charge in [0.15, 0.2) is 0 Å². The molecule has 0 aromatic carbocycles. The molecule has 3 nitrogen and oxygen atoms in total.